The van der Waals surface area contributed by atoms with Gasteiger partial charge in [0.25, 0.3) is 0 Å². The summed E-state index contributed by atoms with van der Waals surface area (Å²) in [5.74, 6) is 0. The van der Waals surface area contributed by atoms with Crippen molar-refractivity contribution in [3.8, 4) is 0 Å². The molecule has 1 heterocycles. The second-order valence-electron chi connectivity index (χ2n) is 2.32. The molecule has 0 saturated heterocycles. The smallest absolute Gasteiger partial charge is 1.00 e. The Balaban J connectivity index is 0.000000605. The van der Waals surface area contributed by atoms with Crippen molar-refractivity contribution in [1.29, 1.82) is 0 Å². The van der Waals surface area contributed by atoms with Gasteiger partial charge in [-0.15, -0.1) is 0 Å². The number of hydrogen-bond acceptors (Lipinski definition) is 2. The van der Waals surface area contributed by atoms with Crippen molar-refractivity contribution in [3.05, 3.63) is 23.8 Å². The van der Waals surface area contributed by atoms with Crippen molar-refractivity contribution >= 4 is 11.0 Å². The SMILES string of the molecule is Cc1ccc2n[nH]nc2c1.[Br-].[K+]. The van der Waals surface area contributed by atoms with Gasteiger partial charge in [0.1, 0.15) is 11.0 Å². The molecule has 58 valence electrons. The molecule has 0 atom stereocenters. The van der Waals surface area contributed by atoms with Crippen LogP contribution in [0.3, 0.4) is 0 Å². The van der Waals surface area contributed by atoms with Crippen molar-refractivity contribution in [3.63, 3.8) is 0 Å². The monoisotopic (exact) mass is 251 g/mol. The number of H-pyrrole nitrogens is 1. The number of aromatic nitrogens is 3. The molecule has 2 aromatic rings. The predicted octanol–water partition coefficient (Wildman–Crippen LogP) is -4.73. The Hall–Kier alpha value is 0.736. The van der Waals surface area contributed by atoms with E-state index >= 15 is 0 Å². The van der Waals surface area contributed by atoms with E-state index in [0.717, 1.165) is 11.0 Å². The van der Waals surface area contributed by atoms with E-state index in [9.17, 15) is 0 Å². The third-order valence-electron chi connectivity index (χ3n) is 1.47. The van der Waals surface area contributed by atoms with Crippen LogP contribution in [0.5, 0.6) is 0 Å². The number of rotatable bonds is 0. The van der Waals surface area contributed by atoms with Gasteiger partial charge in [0.2, 0.25) is 0 Å². The number of benzene rings is 1. The van der Waals surface area contributed by atoms with Crippen LogP contribution in [0.4, 0.5) is 0 Å². The minimum absolute atomic E-state index is 0. The molecule has 2 rings (SSSR count). The molecule has 12 heavy (non-hydrogen) atoms. The van der Waals surface area contributed by atoms with Crippen LogP contribution in [0.2, 0.25) is 0 Å². The topological polar surface area (TPSA) is 41.6 Å². The molecule has 1 aromatic carbocycles. The number of aromatic amines is 1. The largest absolute Gasteiger partial charge is 1.00 e. The maximum Gasteiger partial charge on any atom is 1.00 e. The van der Waals surface area contributed by atoms with Crippen molar-refractivity contribution in [2.45, 2.75) is 6.92 Å². The quantitative estimate of drug-likeness (QED) is 0.479. The summed E-state index contributed by atoms with van der Waals surface area (Å²) >= 11 is 0. The number of nitrogens with zero attached hydrogens (tertiary/aromatic N) is 2. The zero-order valence-corrected chi connectivity index (χ0v) is 11.7. The average Bonchev–Trinajstić information content (AvgIpc) is 2.33. The van der Waals surface area contributed by atoms with Gasteiger partial charge in [0.15, 0.2) is 0 Å². The zero-order valence-electron chi connectivity index (χ0n) is 7.00. The van der Waals surface area contributed by atoms with Crippen molar-refractivity contribution in [1.82, 2.24) is 15.4 Å². The number of fused-ring (bicyclic) bond motifs is 1. The van der Waals surface area contributed by atoms with E-state index < -0.39 is 0 Å². The van der Waals surface area contributed by atoms with Crippen molar-refractivity contribution < 1.29 is 68.4 Å². The Morgan fingerprint density at radius 2 is 1.83 bits per heavy atom. The molecule has 0 fully saturated rings. The Morgan fingerprint density at radius 3 is 2.58 bits per heavy atom. The molecule has 0 spiro atoms. The van der Waals surface area contributed by atoms with E-state index in [1.165, 1.54) is 5.56 Å². The summed E-state index contributed by atoms with van der Waals surface area (Å²) < 4.78 is 0. The summed E-state index contributed by atoms with van der Waals surface area (Å²) in [5, 5.41) is 10.4. The molecule has 1 aromatic heterocycles. The fourth-order valence-corrected chi connectivity index (χ4v) is 0.950. The van der Waals surface area contributed by atoms with Crippen LogP contribution in [0, 0.1) is 6.92 Å². The number of nitrogens with one attached hydrogen (secondary N) is 1. The van der Waals surface area contributed by atoms with Gasteiger partial charge in [-0.25, -0.2) is 0 Å². The molecule has 0 aliphatic rings. The Labute approximate surface area is 123 Å². The van der Waals surface area contributed by atoms with Gasteiger partial charge in [-0.2, -0.15) is 15.4 Å². The van der Waals surface area contributed by atoms with E-state index in [4.69, 9.17) is 0 Å². The Kier molecular flexibility index (Phi) is 5.80. The molecule has 0 aliphatic heterocycles. The van der Waals surface area contributed by atoms with Crippen LogP contribution in [-0.4, -0.2) is 15.4 Å². The Morgan fingerprint density at radius 1 is 1.17 bits per heavy atom. The molecule has 0 saturated carbocycles. The average molecular weight is 252 g/mol. The normalized spacial score (nSPS) is 8.75. The first kappa shape index (κ1) is 12.7. The van der Waals surface area contributed by atoms with Crippen LogP contribution in [-0.2, 0) is 0 Å². The van der Waals surface area contributed by atoms with Gasteiger partial charge in [0, 0.05) is 0 Å². The molecule has 3 nitrogen and oxygen atoms in total. The molecule has 0 amide bonds. The van der Waals surface area contributed by atoms with Gasteiger partial charge >= 0.3 is 51.4 Å². The van der Waals surface area contributed by atoms with Crippen LogP contribution >= 0.6 is 0 Å². The second-order valence-corrected chi connectivity index (χ2v) is 2.32. The molecule has 5 heteroatoms. The van der Waals surface area contributed by atoms with E-state index in [0.29, 0.717) is 0 Å². The van der Waals surface area contributed by atoms with Crippen LogP contribution < -0.4 is 68.4 Å². The minimum atomic E-state index is 0. The summed E-state index contributed by atoms with van der Waals surface area (Å²) in [6, 6.07) is 5.97. The minimum Gasteiger partial charge on any atom is -1.00 e. The van der Waals surface area contributed by atoms with Crippen molar-refractivity contribution in [2.24, 2.45) is 0 Å². The summed E-state index contributed by atoms with van der Waals surface area (Å²) in [6.07, 6.45) is 0. The summed E-state index contributed by atoms with van der Waals surface area (Å²) in [4.78, 5) is 0. The predicted molar refractivity (Wildman–Crippen MR) is 38.6 cm³/mol. The fourth-order valence-electron chi connectivity index (χ4n) is 0.950. The fraction of sp³-hybridized carbons (Fsp3) is 0.143. The van der Waals surface area contributed by atoms with E-state index in [-0.39, 0.29) is 68.4 Å². The molecule has 0 bridgehead atoms. The van der Waals surface area contributed by atoms with E-state index in [1.54, 1.807) is 0 Å². The van der Waals surface area contributed by atoms with Crippen LogP contribution in [0.15, 0.2) is 18.2 Å². The standard InChI is InChI=1S/C7H7N3.BrH.K/c1-5-2-3-6-7(4-5)9-10-8-6;;/h2-4H,1H3,(H,8,9,10);1H;/q;;+1/p-1. The first-order valence-corrected chi connectivity index (χ1v) is 3.13. The molecular formula is C7H7BrKN3. The summed E-state index contributed by atoms with van der Waals surface area (Å²) in [7, 11) is 0. The Bertz CT molecular complexity index is 360. The van der Waals surface area contributed by atoms with Gasteiger partial charge in [-0.05, 0) is 24.6 Å². The number of aryl methyl sites for hydroxylation is 1. The third kappa shape index (κ3) is 2.61. The molecule has 0 unspecified atom stereocenters. The molecule has 0 aliphatic carbocycles. The first-order valence-electron chi connectivity index (χ1n) is 3.13. The van der Waals surface area contributed by atoms with Crippen LogP contribution in [0.1, 0.15) is 5.56 Å². The van der Waals surface area contributed by atoms with Crippen LogP contribution in [0.25, 0.3) is 11.0 Å². The molecular weight excluding hydrogens is 245 g/mol. The maximum absolute atomic E-state index is 3.94. The van der Waals surface area contributed by atoms with E-state index in [2.05, 4.69) is 15.4 Å². The van der Waals surface area contributed by atoms with Gasteiger partial charge in [-0.1, -0.05) is 6.07 Å². The zero-order chi connectivity index (χ0) is 6.97. The second kappa shape index (κ2) is 5.46. The van der Waals surface area contributed by atoms with Gasteiger partial charge in [-0.3, -0.25) is 0 Å². The molecule has 0 radical (unpaired) electrons. The third-order valence-corrected chi connectivity index (χ3v) is 1.47. The van der Waals surface area contributed by atoms with E-state index in [1.807, 2.05) is 25.1 Å². The van der Waals surface area contributed by atoms with Crippen molar-refractivity contribution in [2.75, 3.05) is 0 Å². The number of hydrogen-bond donors (Lipinski definition) is 1. The summed E-state index contributed by atoms with van der Waals surface area (Å²) in [6.45, 7) is 2.04. The van der Waals surface area contributed by atoms with Gasteiger partial charge < -0.3 is 17.0 Å². The summed E-state index contributed by atoms with van der Waals surface area (Å²) in [5.41, 5.74) is 3.06. The maximum atomic E-state index is 3.94. The molecule has 1 N–H and O–H groups in total. The van der Waals surface area contributed by atoms with Gasteiger partial charge in [0.05, 0.1) is 0 Å². The number of halogens is 1. The first-order chi connectivity index (χ1) is 4.86.